The lowest BCUT2D eigenvalue weighted by molar-refractivity contribution is -0.161. The van der Waals surface area contributed by atoms with Crippen molar-refractivity contribution in [2.24, 2.45) is 0 Å². The van der Waals surface area contributed by atoms with Gasteiger partial charge in [-0.2, -0.15) is 0 Å². The minimum absolute atomic E-state index is 0.0244. The maximum absolute atomic E-state index is 13.1. The molecule has 0 fully saturated rings. The van der Waals surface area contributed by atoms with E-state index in [0.29, 0.717) is 38.5 Å². The number of phosphoric acid groups is 2. The highest BCUT2D eigenvalue weighted by molar-refractivity contribution is 7.47. The lowest BCUT2D eigenvalue weighted by Gasteiger charge is -2.21. The summed E-state index contributed by atoms with van der Waals surface area (Å²) in [6.07, 6.45) is 100. The van der Waals surface area contributed by atoms with Crippen LogP contribution in [0.15, 0.2) is 194 Å². The summed E-state index contributed by atoms with van der Waals surface area (Å²) in [5.74, 6) is -2.41. The number of aliphatic hydroxyl groups excluding tert-OH is 1. The molecular weight excluding hydrogens is 1430 g/mol. The van der Waals surface area contributed by atoms with Gasteiger partial charge in [-0.25, -0.2) is 9.13 Å². The van der Waals surface area contributed by atoms with E-state index < -0.39 is 97.5 Å². The molecule has 5 unspecified atom stereocenters. The number of hydrogen-bond acceptors (Lipinski definition) is 15. The van der Waals surface area contributed by atoms with Crippen molar-refractivity contribution >= 4 is 39.5 Å². The van der Waals surface area contributed by atoms with Gasteiger partial charge in [0.25, 0.3) is 0 Å². The molecule has 17 nitrogen and oxygen atoms in total. The molecule has 0 bridgehead atoms. The summed E-state index contributed by atoms with van der Waals surface area (Å²) in [5.41, 5.74) is 0. The van der Waals surface area contributed by atoms with Crippen molar-refractivity contribution in [3.8, 4) is 0 Å². The van der Waals surface area contributed by atoms with E-state index in [9.17, 15) is 43.2 Å². The summed E-state index contributed by atoms with van der Waals surface area (Å²) in [5, 5.41) is 10.7. The highest BCUT2D eigenvalue weighted by Crippen LogP contribution is 2.45. The Kier molecular flexibility index (Phi) is 76.4. The van der Waals surface area contributed by atoms with Gasteiger partial charge in [0.05, 0.1) is 26.4 Å². The molecule has 5 atom stereocenters. The monoisotopic (exact) mass is 1570 g/mol. The molecule has 0 radical (unpaired) electrons. The van der Waals surface area contributed by atoms with Crippen LogP contribution in [0, 0.1) is 0 Å². The normalized spacial score (nSPS) is 14.8. The van der Waals surface area contributed by atoms with Gasteiger partial charge in [-0.15, -0.1) is 0 Å². The molecule has 3 N–H and O–H groups in total. The number of esters is 4. The minimum atomic E-state index is -5.02. The van der Waals surface area contributed by atoms with Crippen molar-refractivity contribution in [1.29, 1.82) is 0 Å². The molecule has 19 heteroatoms. The first kappa shape index (κ1) is 104. The molecule has 0 heterocycles. The standard InChI is InChI=1S/C91H146O17P2/c1-5-9-13-17-21-25-29-33-36-39-42-45-48-52-55-59-63-67-71-75-88(93)101-81-86(107-90(95)77-73-69-65-61-57-51-32-28-24-20-16-12-8-4)83-105-109(97,98)103-79-85(92)80-104-110(99,100)106-84-87(108-91(96)78-74-70-66-62-58-54-50-47-44-41-38-35-31-27-23-19-15-11-7-3)82-102-89(94)76-72-68-64-60-56-53-49-46-43-40-37-34-30-26-22-18-14-10-6-2/h9-10,13-14,21-23,25-28,32-38,42-47,52-53,55-56,63-64,67-68,85-87,92H,5-8,11-12,15-20,24,29-31,39-41,48-51,54,57-62,65-66,69-84H2,1-4H3,(H,97,98)(H,99,100)/b13-9-,14-10-,25-21-,26-22-,27-23-,32-28-,36-33-,37-34-,38-35-,45-42-,46-43-,47-44-,55-52-,56-53-,67-63-,68-64-. The molecule has 0 rings (SSSR count). The summed E-state index contributed by atoms with van der Waals surface area (Å²) in [6, 6.07) is 0. The molecule has 622 valence electrons. The van der Waals surface area contributed by atoms with E-state index in [2.05, 4.69) is 186 Å². The molecule has 0 saturated heterocycles. The first-order chi connectivity index (χ1) is 53.7. The Labute approximate surface area is 666 Å². The summed E-state index contributed by atoms with van der Waals surface area (Å²) >= 11 is 0. The van der Waals surface area contributed by atoms with Crippen LogP contribution in [0.2, 0.25) is 0 Å². The quantitative estimate of drug-likeness (QED) is 0.0169. The topological polar surface area (TPSA) is 237 Å². The molecule has 0 aromatic rings. The molecule has 0 amide bonds. The Morgan fingerprint density at radius 2 is 0.491 bits per heavy atom. The number of carbonyl (C=O) groups excluding carboxylic acids is 4. The lowest BCUT2D eigenvalue weighted by atomic mass is 10.1. The van der Waals surface area contributed by atoms with E-state index in [-0.39, 0.29) is 25.7 Å². The van der Waals surface area contributed by atoms with E-state index in [1.807, 2.05) is 36.5 Å². The van der Waals surface area contributed by atoms with Gasteiger partial charge in [-0.3, -0.25) is 37.3 Å². The van der Waals surface area contributed by atoms with E-state index in [4.69, 9.17) is 37.0 Å². The van der Waals surface area contributed by atoms with Crippen LogP contribution < -0.4 is 0 Å². The van der Waals surface area contributed by atoms with Gasteiger partial charge in [-0.05, 0) is 167 Å². The fourth-order valence-corrected chi connectivity index (χ4v) is 11.9. The van der Waals surface area contributed by atoms with Crippen LogP contribution in [0.25, 0.3) is 0 Å². The summed E-state index contributed by atoms with van der Waals surface area (Å²) in [6.45, 7) is 4.40. The first-order valence-corrected chi connectivity index (χ1v) is 44.7. The van der Waals surface area contributed by atoms with Crippen LogP contribution in [-0.2, 0) is 65.4 Å². The number of phosphoric ester groups is 2. The molecule has 0 aliphatic rings. The highest BCUT2D eigenvalue weighted by Gasteiger charge is 2.30. The predicted octanol–water partition coefficient (Wildman–Crippen LogP) is 24.9. The van der Waals surface area contributed by atoms with Gasteiger partial charge in [0.2, 0.25) is 0 Å². The van der Waals surface area contributed by atoms with Crippen molar-refractivity contribution in [2.45, 2.75) is 316 Å². The van der Waals surface area contributed by atoms with Crippen LogP contribution >= 0.6 is 15.6 Å². The Morgan fingerprint density at radius 1 is 0.264 bits per heavy atom. The van der Waals surface area contributed by atoms with Crippen LogP contribution in [0.5, 0.6) is 0 Å². The number of rotatable bonds is 76. The zero-order valence-corrected chi connectivity index (χ0v) is 69.9. The van der Waals surface area contributed by atoms with Crippen molar-refractivity contribution in [1.82, 2.24) is 0 Å². The fourth-order valence-electron chi connectivity index (χ4n) is 10.3. The molecule has 0 saturated carbocycles. The largest absolute Gasteiger partial charge is 0.472 e. The predicted molar refractivity (Wildman–Crippen MR) is 454 cm³/mol. The minimum Gasteiger partial charge on any atom is -0.462 e. The van der Waals surface area contributed by atoms with Gasteiger partial charge in [-0.1, -0.05) is 299 Å². The van der Waals surface area contributed by atoms with E-state index >= 15 is 0 Å². The van der Waals surface area contributed by atoms with Crippen molar-refractivity contribution in [2.75, 3.05) is 39.6 Å². The van der Waals surface area contributed by atoms with E-state index in [0.717, 1.165) is 161 Å². The second-order valence-electron chi connectivity index (χ2n) is 26.9. The van der Waals surface area contributed by atoms with Crippen LogP contribution in [-0.4, -0.2) is 96.7 Å². The van der Waals surface area contributed by atoms with Crippen LogP contribution in [0.1, 0.15) is 297 Å². The van der Waals surface area contributed by atoms with Crippen molar-refractivity contribution < 1.29 is 80.2 Å². The number of hydrogen-bond donors (Lipinski definition) is 3. The van der Waals surface area contributed by atoms with Gasteiger partial charge in [0.15, 0.2) is 12.2 Å². The van der Waals surface area contributed by atoms with E-state index in [1.165, 1.54) is 44.9 Å². The molecule has 0 spiro atoms. The van der Waals surface area contributed by atoms with Crippen molar-refractivity contribution in [3.05, 3.63) is 194 Å². The molecule has 0 aromatic carbocycles. The second kappa shape index (κ2) is 80.9. The molecular formula is C91H146O17P2. The summed E-state index contributed by atoms with van der Waals surface area (Å²) < 4.78 is 68.5. The molecule has 0 aromatic heterocycles. The highest BCUT2D eigenvalue weighted by atomic mass is 31.2. The Balaban J connectivity index is 5.53. The Bertz CT molecular complexity index is 2850. The fraction of sp³-hybridized carbons (Fsp3) is 0.604. The van der Waals surface area contributed by atoms with Crippen LogP contribution in [0.4, 0.5) is 0 Å². The average molecular weight is 1570 g/mol. The number of carbonyl (C=O) groups is 4. The van der Waals surface area contributed by atoms with Crippen molar-refractivity contribution in [3.63, 3.8) is 0 Å². The third-order valence-corrected chi connectivity index (χ3v) is 18.5. The van der Waals surface area contributed by atoms with Gasteiger partial charge < -0.3 is 33.8 Å². The third-order valence-electron chi connectivity index (χ3n) is 16.6. The maximum Gasteiger partial charge on any atom is 0.472 e. The SMILES string of the molecule is CC/C=C\C/C=C\C/C=C\C/C=C\C/C=C\C/C=C\CCC(=O)OCC(COP(=O)(O)OCC(O)COP(=O)(O)OCC(COC(=O)CC/C=C\C/C=C\C/C=C\C/C=C\C/C=C\C/C=C\CC)OC(=O)CCCCCCCC/C=C\C/C=C\C/C=C\CCCCC)OC(=O)CCCCCCC/C=C\CCCCCC. The maximum atomic E-state index is 13.1. The Hall–Kier alpha value is -6.10. The number of ether oxygens (including phenoxy) is 4. The molecule has 110 heavy (non-hydrogen) atoms. The van der Waals surface area contributed by atoms with Gasteiger partial charge in [0.1, 0.15) is 19.3 Å². The lowest BCUT2D eigenvalue weighted by Crippen LogP contribution is -2.30. The third kappa shape index (κ3) is 80.0. The Morgan fingerprint density at radius 3 is 0.791 bits per heavy atom. The van der Waals surface area contributed by atoms with Gasteiger partial charge >= 0.3 is 39.5 Å². The average Bonchev–Trinajstić information content (AvgIpc) is 0.942. The number of allylic oxidation sites excluding steroid dienone is 32. The zero-order valence-electron chi connectivity index (χ0n) is 68.1. The zero-order chi connectivity index (χ0) is 80.3. The summed E-state index contributed by atoms with van der Waals surface area (Å²) in [7, 11) is -10.0. The summed E-state index contributed by atoms with van der Waals surface area (Å²) in [4.78, 5) is 73.1. The molecule has 0 aliphatic carbocycles. The first-order valence-electron chi connectivity index (χ1n) is 41.7. The van der Waals surface area contributed by atoms with E-state index in [1.54, 1.807) is 0 Å². The van der Waals surface area contributed by atoms with Gasteiger partial charge in [0, 0.05) is 25.7 Å². The number of unbranched alkanes of at least 4 members (excludes halogenated alkanes) is 18. The second-order valence-corrected chi connectivity index (χ2v) is 29.8. The smallest absolute Gasteiger partial charge is 0.462 e. The van der Waals surface area contributed by atoms with Crippen LogP contribution in [0.3, 0.4) is 0 Å². The molecule has 0 aliphatic heterocycles. The number of aliphatic hydroxyl groups is 1.